The SMILES string of the molecule is COc1ccc(NC(=O)CCC2CCCC2)cc1NC(C)=O. The van der Waals surface area contributed by atoms with Crippen molar-refractivity contribution in [2.45, 2.75) is 45.4 Å². The Bertz CT molecular complexity index is 537. The zero-order chi connectivity index (χ0) is 15.9. The summed E-state index contributed by atoms with van der Waals surface area (Å²) in [4.78, 5) is 23.2. The minimum Gasteiger partial charge on any atom is -0.495 e. The molecule has 22 heavy (non-hydrogen) atoms. The van der Waals surface area contributed by atoms with Gasteiger partial charge in [-0.3, -0.25) is 9.59 Å². The highest BCUT2D eigenvalue weighted by atomic mass is 16.5. The Morgan fingerprint density at radius 3 is 2.59 bits per heavy atom. The van der Waals surface area contributed by atoms with Crippen LogP contribution in [0.25, 0.3) is 0 Å². The molecule has 1 aromatic carbocycles. The molecule has 0 radical (unpaired) electrons. The molecule has 0 bridgehead atoms. The van der Waals surface area contributed by atoms with Crippen LogP contribution >= 0.6 is 0 Å². The van der Waals surface area contributed by atoms with Crippen LogP contribution in [0.5, 0.6) is 5.75 Å². The summed E-state index contributed by atoms with van der Waals surface area (Å²) >= 11 is 0. The molecule has 5 nitrogen and oxygen atoms in total. The average molecular weight is 304 g/mol. The zero-order valence-corrected chi connectivity index (χ0v) is 13.3. The number of nitrogens with one attached hydrogen (secondary N) is 2. The van der Waals surface area contributed by atoms with Crippen molar-refractivity contribution in [3.8, 4) is 5.75 Å². The third-order valence-corrected chi connectivity index (χ3v) is 4.05. The Morgan fingerprint density at radius 2 is 1.95 bits per heavy atom. The Morgan fingerprint density at radius 1 is 1.23 bits per heavy atom. The fourth-order valence-electron chi connectivity index (χ4n) is 2.93. The number of amides is 2. The Labute approximate surface area is 131 Å². The largest absolute Gasteiger partial charge is 0.495 e. The molecule has 120 valence electrons. The van der Waals surface area contributed by atoms with Crippen molar-refractivity contribution < 1.29 is 14.3 Å². The Balaban J connectivity index is 1.93. The van der Waals surface area contributed by atoms with Crippen LogP contribution in [0.4, 0.5) is 11.4 Å². The van der Waals surface area contributed by atoms with Crippen LogP contribution < -0.4 is 15.4 Å². The van der Waals surface area contributed by atoms with Crippen LogP contribution in [-0.2, 0) is 9.59 Å². The van der Waals surface area contributed by atoms with E-state index >= 15 is 0 Å². The normalized spacial score (nSPS) is 14.6. The predicted molar refractivity (Wildman–Crippen MR) is 87.1 cm³/mol. The van der Waals surface area contributed by atoms with E-state index in [0.29, 0.717) is 29.5 Å². The van der Waals surface area contributed by atoms with Gasteiger partial charge in [0.1, 0.15) is 5.75 Å². The number of hydrogen-bond donors (Lipinski definition) is 2. The van der Waals surface area contributed by atoms with Crippen LogP contribution in [0, 0.1) is 5.92 Å². The molecule has 1 aliphatic rings. The highest BCUT2D eigenvalue weighted by Crippen LogP contribution is 2.30. The summed E-state index contributed by atoms with van der Waals surface area (Å²) in [5.74, 6) is 1.12. The number of anilines is 2. The van der Waals surface area contributed by atoms with Crippen LogP contribution in [0.2, 0.25) is 0 Å². The second kappa shape index (κ2) is 7.82. The maximum atomic E-state index is 12.0. The molecule has 0 atom stereocenters. The van der Waals surface area contributed by atoms with E-state index in [9.17, 15) is 9.59 Å². The molecule has 2 rings (SSSR count). The first-order valence-electron chi connectivity index (χ1n) is 7.84. The molecule has 0 saturated heterocycles. The van der Waals surface area contributed by atoms with Crippen LogP contribution in [0.3, 0.4) is 0 Å². The van der Waals surface area contributed by atoms with Crippen LogP contribution in [0.1, 0.15) is 45.4 Å². The Hall–Kier alpha value is -2.04. The number of carbonyl (C=O) groups is 2. The lowest BCUT2D eigenvalue weighted by molar-refractivity contribution is -0.116. The maximum absolute atomic E-state index is 12.0. The smallest absolute Gasteiger partial charge is 0.224 e. The first kappa shape index (κ1) is 16.3. The maximum Gasteiger partial charge on any atom is 0.224 e. The van der Waals surface area contributed by atoms with E-state index in [0.717, 1.165) is 6.42 Å². The molecular weight excluding hydrogens is 280 g/mol. The van der Waals surface area contributed by atoms with Crippen LogP contribution in [0.15, 0.2) is 18.2 Å². The van der Waals surface area contributed by atoms with Crippen molar-refractivity contribution in [2.75, 3.05) is 17.7 Å². The second-order valence-electron chi connectivity index (χ2n) is 5.83. The summed E-state index contributed by atoms with van der Waals surface area (Å²) in [6.45, 7) is 1.44. The lowest BCUT2D eigenvalue weighted by Crippen LogP contribution is -2.13. The Kier molecular flexibility index (Phi) is 5.81. The van der Waals surface area contributed by atoms with Crippen molar-refractivity contribution in [1.82, 2.24) is 0 Å². The first-order valence-corrected chi connectivity index (χ1v) is 7.84. The fourth-order valence-corrected chi connectivity index (χ4v) is 2.93. The molecule has 0 heterocycles. The van der Waals surface area contributed by atoms with E-state index in [4.69, 9.17) is 4.74 Å². The molecule has 1 aromatic rings. The number of methoxy groups -OCH3 is 1. The van der Waals surface area contributed by atoms with Gasteiger partial charge in [0.05, 0.1) is 12.8 Å². The molecule has 0 aromatic heterocycles. The van der Waals surface area contributed by atoms with Gasteiger partial charge in [-0.25, -0.2) is 0 Å². The zero-order valence-electron chi connectivity index (χ0n) is 13.3. The van der Waals surface area contributed by atoms with Gasteiger partial charge < -0.3 is 15.4 Å². The monoisotopic (exact) mass is 304 g/mol. The molecule has 1 saturated carbocycles. The van der Waals surface area contributed by atoms with Crippen molar-refractivity contribution in [3.05, 3.63) is 18.2 Å². The third-order valence-electron chi connectivity index (χ3n) is 4.05. The van der Waals surface area contributed by atoms with Gasteiger partial charge in [0.2, 0.25) is 11.8 Å². The third kappa shape index (κ3) is 4.76. The van der Waals surface area contributed by atoms with E-state index in [2.05, 4.69) is 10.6 Å². The molecule has 1 aliphatic carbocycles. The number of hydrogen-bond acceptors (Lipinski definition) is 3. The molecule has 1 fully saturated rings. The molecule has 2 N–H and O–H groups in total. The van der Waals surface area contributed by atoms with Crippen molar-refractivity contribution in [3.63, 3.8) is 0 Å². The van der Waals surface area contributed by atoms with E-state index in [1.54, 1.807) is 25.3 Å². The minimum absolute atomic E-state index is 0.0193. The molecular formula is C17H24N2O3. The summed E-state index contributed by atoms with van der Waals surface area (Å²) < 4.78 is 5.19. The van der Waals surface area contributed by atoms with Crippen molar-refractivity contribution in [1.29, 1.82) is 0 Å². The molecule has 2 amide bonds. The lowest BCUT2D eigenvalue weighted by atomic mass is 10.0. The van der Waals surface area contributed by atoms with Crippen molar-refractivity contribution in [2.24, 2.45) is 5.92 Å². The van der Waals surface area contributed by atoms with E-state index < -0.39 is 0 Å². The number of rotatable bonds is 6. The van der Waals surface area contributed by atoms with Gasteiger partial charge >= 0.3 is 0 Å². The topological polar surface area (TPSA) is 67.4 Å². The number of ether oxygens (including phenoxy) is 1. The fraction of sp³-hybridized carbons (Fsp3) is 0.529. The second-order valence-corrected chi connectivity index (χ2v) is 5.83. The molecule has 5 heteroatoms. The average Bonchev–Trinajstić information content (AvgIpc) is 2.98. The molecule has 0 unspecified atom stereocenters. The minimum atomic E-state index is -0.178. The first-order chi connectivity index (χ1) is 10.6. The standard InChI is InChI=1S/C17H24N2O3/c1-12(20)18-15-11-14(8-9-16(15)22-2)19-17(21)10-7-13-5-3-4-6-13/h8-9,11,13H,3-7,10H2,1-2H3,(H,18,20)(H,19,21). The molecule has 0 spiro atoms. The van der Waals surface area contributed by atoms with Crippen LogP contribution in [-0.4, -0.2) is 18.9 Å². The predicted octanol–water partition coefficient (Wildman–Crippen LogP) is 3.56. The van der Waals surface area contributed by atoms with Gasteiger partial charge in [-0.2, -0.15) is 0 Å². The summed E-state index contributed by atoms with van der Waals surface area (Å²) in [7, 11) is 1.54. The van der Waals surface area contributed by atoms with Gasteiger partial charge in [0, 0.05) is 19.0 Å². The highest BCUT2D eigenvalue weighted by molar-refractivity contribution is 5.94. The molecule has 0 aliphatic heterocycles. The van der Waals surface area contributed by atoms with Crippen molar-refractivity contribution >= 4 is 23.2 Å². The van der Waals surface area contributed by atoms with E-state index in [1.807, 2.05) is 0 Å². The van der Waals surface area contributed by atoms with E-state index in [1.165, 1.54) is 32.6 Å². The lowest BCUT2D eigenvalue weighted by Gasteiger charge is -2.12. The number of benzene rings is 1. The van der Waals surface area contributed by atoms with Gasteiger partial charge in [-0.05, 0) is 30.5 Å². The summed E-state index contributed by atoms with van der Waals surface area (Å²) in [5, 5.41) is 5.58. The van der Waals surface area contributed by atoms with E-state index in [-0.39, 0.29) is 11.8 Å². The summed E-state index contributed by atoms with van der Waals surface area (Å²) in [6.07, 6.45) is 6.60. The summed E-state index contributed by atoms with van der Waals surface area (Å²) in [6, 6.07) is 5.23. The van der Waals surface area contributed by atoms with Gasteiger partial charge in [-0.15, -0.1) is 0 Å². The quantitative estimate of drug-likeness (QED) is 0.844. The summed E-state index contributed by atoms with van der Waals surface area (Å²) in [5.41, 5.74) is 1.23. The van der Waals surface area contributed by atoms with Gasteiger partial charge in [0.15, 0.2) is 0 Å². The van der Waals surface area contributed by atoms with Gasteiger partial charge in [0.25, 0.3) is 0 Å². The highest BCUT2D eigenvalue weighted by Gasteiger charge is 2.16. The van der Waals surface area contributed by atoms with Gasteiger partial charge in [-0.1, -0.05) is 25.7 Å². The number of carbonyl (C=O) groups excluding carboxylic acids is 2.